The molecule has 0 spiro atoms. The standard InChI is InChI=1S/C34H36ClN3O3.C28H35N5O9.C21H32N4O5.C20H16Cl2/c1-24-14-18-28(19-15-24)34(27-10-4-3-5-11-27,30-12-6-7-13-31(30)35)41-23-26-16-20-29(21-17-26)38-32(39)25(2)9-8-22-37-33(36)40;1-17(2)25(31-18(3)34)24(35)15-20(5-4-14-30-27(29)37)26(36)32-21-8-6-19(7-9-21)16-41-28(38)42-23-12-10-22(11-13-23)33(39)40;1-13(2)19(24-14(3)27)18(28)11-16(5-4-10-23-21(22)30)20(29)25-17-8-6-15(12-26)7-9-17;1-15-11-13-17(14-12-15)20(22,16-7-3-2-4-8-16)18-9-5-6-10-19(18)21/h3-7,10-21,25H,8-9,22-23H2,1-2H3,(H,38,39)(H3,36,37,40);6-13,17,20,25H,4-5,14-16H2,1-3H3,(H,31,34)(H,32,36)(H3,29,30,37);6-9,13,16,19,26H,4-5,10-12H2,1-3H3,(H,24,27)(H,25,29)(H3,22,23,30);2-14H,1H3/t25-,34?;20-,25+;16-,19+;/m011./s1. The van der Waals surface area contributed by atoms with Crippen molar-refractivity contribution in [1.29, 1.82) is 0 Å². The molecule has 0 saturated carbocycles. The second-order valence-corrected chi connectivity index (χ2v) is 34.3. The fourth-order valence-electron chi connectivity index (χ4n) is 14.4. The highest BCUT2D eigenvalue weighted by Crippen LogP contribution is 2.47. The Morgan fingerprint density at radius 1 is 0.437 bits per heavy atom. The molecule has 0 aliphatic rings. The second kappa shape index (κ2) is 55.0. The Morgan fingerprint density at radius 3 is 1.20 bits per heavy atom. The number of rotatable bonds is 42. The molecule has 10 aromatic rings. The van der Waals surface area contributed by atoms with Gasteiger partial charge in [0.15, 0.2) is 11.6 Å². The number of nitrogens with zero attached hydrogens (tertiary/aromatic N) is 1. The van der Waals surface area contributed by atoms with E-state index >= 15 is 0 Å². The van der Waals surface area contributed by atoms with Gasteiger partial charge in [0.1, 0.15) is 22.8 Å². The van der Waals surface area contributed by atoms with Gasteiger partial charge in [-0.05, 0) is 164 Å². The number of benzene rings is 10. The van der Waals surface area contributed by atoms with E-state index in [0.717, 1.165) is 44.5 Å². The van der Waals surface area contributed by atoms with E-state index in [1.165, 1.54) is 43.7 Å². The lowest BCUT2D eigenvalue weighted by Crippen LogP contribution is -2.44. The summed E-state index contributed by atoms with van der Waals surface area (Å²) < 4.78 is 17.0. The molecule has 0 saturated heterocycles. The largest absolute Gasteiger partial charge is 0.514 e. The first-order valence-electron chi connectivity index (χ1n) is 44.1. The van der Waals surface area contributed by atoms with Gasteiger partial charge in [0.2, 0.25) is 29.5 Å². The second-order valence-electron chi connectivity index (χ2n) is 32.9. The van der Waals surface area contributed by atoms with E-state index in [2.05, 4.69) is 117 Å². The van der Waals surface area contributed by atoms with Crippen molar-refractivity contribution in [1.82, 2.24) is 26.6 Å². The van der Waals surface area contributed by atoms with Crippen LogP contribution in [0.1, 0.15) is 161 Å². The molecule has 29 nitrogen and oxygen atoms in total. The van der Waals surface area contributed by atoms with Crippen LogP contribution in [0.4, 0.5) is 41.9 Å². The normalized spacial score (nSPS) is 12.8. The number of amides is 11. The van der Waals surface area contributed by atoms with E-state index < -0.39 is 69.5 Å². The number of aryl methyl sites for hydroxylation is 2. The number of alkyl halides is 1. The lowest BCUT2D eigenvalue weighted by Gasteiger charge is -2.36. The van der Waals surface area contributed by atoms with Crippen LogP contribution in [0, 0.1) is 53.6 Å². The van der Waals surface area contributed by atoms with Crippen molar-refractivity contribution in [2.75, 3.05) is 35.6 Å². The maximum atomic E-state index is 13.1. The number of halogens is 3. The molecule has 10 aromatic carbocycles. The number of Topliss-reactive ketones (excluding diaryl/α,β-unsaturated/α-hetero) is 2. The number of nitrogens with one attached hydrogen (secondary N) is 8. The summed E-state index contributed by atoms with van der Waals surface area (Å²) >= 11 is 20.5. The Hall–Kier alpha value is -13.8. The molecule has 32 heteroatoms. The minimum atomic E-state index is -1.00. The number of aliphatic hydroxyl groups is 1. The van der Waals surface area contributed by atoms with Crippen LogP contribution in [0.15, 0.2) is 255 Å². The van der Waals surface area contributed by atoms with Crippen LogP contribution in [0.2, 0.25) is 10.0 Å². The summed E-state index contributed by atoms with van der Waals surface area (Å²) in [5.74, 6) is -3.77. The van der Waals surface area contributed by atoms with E-state index in [1.807, 2.05) is 142 Å². The Balaban J connectivity index is 0.000000252. The van der Waals surface area contributed by atoms with Crippen LogP contribution in [-0.4, -0.2) is 107 Å². The number of ketones is 2. The third-order valence-corrected chi connectivity index (χ3v) is 23.0. The molecule has 2 unspecified atom stereocenters. The van der Waals surface area contributed by atoms with Crippen molar-refractivity contribution < 1.29 is 77.0 Å². The minimum absolute atomic E-state index is 0.0414. The highest BCUT2D eigenvalue weighted by Gasteiger charge is 2.41. The van der Waals surface area contributed by atoms with E-state index in [4.69, 9.17) is 71.3 Å². The molecule has 10 rings (SSSR count). The number of carbonyl (C=O) groups is 11. The van der Waals surface area contributed by atoms with Gasteiger partial charge in [-0.1, -0.05) is 251 Å². The molecule has 7 atom stereocenters. The van der Waals surface area contributed by atoms with Gasteiger partial charge in [-0.3, -0.25) is 43.7 Å². The zero-order valence-electron chi connectivity index (χ0n) is 77.0. The summed E-state index contributed by atoms with van der Waals surface area (Å²) in [6.07, 6.45) is 1.65. The van der Waals surface area contributed by atoms with Crippen molar-refractivity contribution in [3.05, 3.63) is 336 Å². The number of nitrogens with two attached hydrogens (primary N) is 3. The monoisotopic (exact) mass is 1900 g/mol. The molecule has 0 radical (unpaired) electrons. The number of nitro benzene ring substituents is 1. The van der Waals surface area contributed by atoms with E-state index in [0.29, 0.717) is 83.5 Å². The van der Waals surface area contributed by atoms with Gasteiger partial charge in [-0.15, -0.1) is 11.6 Å². The Labute approximate surface area is 802 Å². The number of aliphatic hydroxyl groups excluding tert-OH is 1. The van der Waals surface area contributed by atoms with Crippen molar-refractivity contribution >= 4 is 123 Å². The fraction of sp³-hybridized carbons (Fsp3) is 0.311. The quantitative estimate of drug-likeness (QED) is 0.00321. The van der Waals surface area contributed by atoms with Gasteiger partial charge in [0.05, 0.1) is 30.2 Å². The van der Waals surface area contributed by atoms with E-state index in [1.54, 1.807) is 62.4 Å². The molecule has 0 bridgehead atoms. The van der Waals surface area contributed by atoms with Crippen LogP contribution >= 0.6 is 34.8 Å². The third kappa shape index (κ3) is 35.2. The smallest absolute Gasteiger partial charge is 0.429 e. The average Bonchev–Trinajstić information content (AvgIpc) is 0.755. The average molecular weight is 1900 g/mol. The maximum absolute atomic E-state index is 13.1. The molecular formula is C103H119Cl3N12O17. The lowest BCUT2D eigenvalue weighted by molar-refractivity contribution is -0.384. The molecule has 15 N–H and O–H groups in total. The fourth-order valence-corrected chi connectivity index (χ4v) is 15.5. The van der Waals surface area contributed by atoms with Gasteiger partial charge in [0, 0.05) is 114 Å². The Morgan fingerprint density at radius 2 is 0.800 bits per heavy atom. The Bertz CT molecular complexity index is 5560. The van der Waals surface area contributed by atoms with Crippen molar-refractivity contribution in [2.24, 2.45) is 46.8 Å². The van der Waals surface area contributed by atoms with Crippen LogP contribution < -0.4 is 64.5 Å². The summed E-state index contributed by atoms with van der Waals surface area (Å²) in [6, 6.07) is 74.8. The SMILES string of the molecule is CC(=O)N[C@H](C(=O)C[C@@H](CCCNC(N)=O)C(=O)Nc1ccc(CO)cc1)C(C)C.CC(=O)N[C@H](C(=O)C[C@@H](CCCNC(N)=O)C(=O)Nc1ccc(COC(=O)Oc2ccc([N+](=O)[O-])cc2)cc1)C(C)C.Cc1ccc(C(Cl)(c2ccccc2)c2ccccc2Cl)cc1.Cc1ccc(C(OCc2ccc(NC(=O)[C@@H](C)CCCNC(N)=O)cc2)(c2ccccc2)c2ccccc2Cl)cc1. The number of non-ortho nitro benzene ring substituents is 1. The summed E-state index contributed by atoms with van der Waals surface area (Å²) in [7, 11) is 0. The predicted molar refractivity (Wildman–Crippen MR) is 524 cm³/mol. The number of urea groups is 3. The lowest BCUT2D eigenvalue weighted by atomic mass is 9.79. The summed E-state index contributed by atoms with van der Waals surface area (Å²) in [5.41, 5.74) is 26.2. The molecule has 11 amide bonds. The topological polar surface area (TPSA) is 453 Å². The Kier molecular flexibility index (Phi) is 44.1. The molecule has 0 aliphatic carbocycles. The molecule has 0 fully saturated rings. The zero-order valence-corrected chi connectivity index (χ0v) is 79.2. The number of anilines is 3. The molecule has 0 aromatic heterocycles. The molecular weight excluding hydrogens is 1780 g/mol. The first-order chi connectivity index (χ1) is 64.4. The van der Waals surface area contributed by atoms with Crippen LogP contribution in [0.5, 0.6) is 5.75 Å². The first-order valence-corrected chi connectivity index (χ1v) is 45.2. The summed E-state index contributed by atoms with van der Waals surface area (Å²) in [4.78, 5) is 141. The number of ether oxygens (including phenoxy) is 3. The minimum Gasteiger partial charge on any atom is -0.429 e. The molecule has 714 valence electrons. The van der Waals surface area contributed by atoms with Gasteiger partial charge in [-0.2, -0.15) is 0 Å². The summed E-state index contributed by atoms with van der Waals surface area (Å²) in [5, 5.41) is 42.4. The zero-order chi connectivity index (χ0) is 98.7. The molecule has 0 aliphatic heterocycles. The van der Waals surface area contributed by atoms with Crippen molar-refractivity contribution in [2.45, 2.75) is 156 Å². The van der Waals surface area contributed by atoms with E-state index in [-0.39, 0.29) is 110 Å². The van der Waals surface area contributed by atoms with Crippen LogP contribution in [-0.2, 0) is 73.3 Å². The molecule has 135 heavy (non-hydrogen) atoms. The maximum Gasteiger partial charge on any atom is 0.514 e. The number of nitro groups is 1. The predicted octanol–water partition coefficient (Wildman–Crippen LogP) is 18.1. The number of hydrogen-bond acceptors (Lipinski definition) is 17. The van der Waals surface area contributed by atoms with Gasteiger partial charge in [-0.25, -0.2) is 19.2 Å². The highest BCUT2D eigenvalue weighted by atomic mass is 35.5. The van der Waals surface area contributed by atoms with Gasteiger partial charge < -0.3 is 79.1 Å². The summed E-state index contributed by atoms with van der Waals surface area (Å²) in [6.45, 7) is 16.9. The van der Waals surface area contributed by atoms with Gasteiger partial charge in [0.25, 0.3) is 5.69 Å². The highest BCUT2D eigenvalue weighted by molar-refractivity contribution is 6.35. The van der Waals surface area contributed by atoms with Gasteiger partial charge >= 0.3 is 24.2 Å². The van der Waals surface area contributed by atoms with E-state index in [9.17, 15) is 62.9 Å². The number of primary amides is 3. The van der Waals surface area contributed by atoms with Crippen molar-refractivity contribution in [3.8, 4) is 5.75 Å². The molecule has 0 heterocycles. The first kappa shape index (κ1) is 108. The number of hydrogen-bond donors (Lipinski definition) is 12. The van der Waals surface area contributed by atoms with Crippen LogP contribution in [0.3, 0.4) is 0 Å². The number of carbonyl (C=O) groups excluding carboxylic acids is 11. The van der Waals surface area contributed by atoms with Crippen LogP contribution in [0.25, 0.3) is 0 Å². The third-order valence-electron chi connectivity index (χ3n) is 21.7. The van der Waals surface area contributed by atoms with Crippen molar-refractivity contribution in [3.63, 3.8) is 0 Å².